The van der Waals surface area contributed by atoms with Crippen molar-refractivity contribution in [3.05, 3.63) is 10.7 Å². The van der Waals surface area contributed by atoms with Crippen molar-refractivity contribution in [2.75, 3.05) is 0 Å². The van der Waals surface area contributed by atoms with E-state index in [2.05, 4.69) is 15.9 Å². The Labute approximate surface area is 45.8 Å². The quantitative estimate of drug-likeness (QED) is 0.569. The van der Waals surface area contributed by atoms with Crippen molar-refractivity contribution in [2.45, 2.75) is 13.3 Å². The van der Waals surface area contributed by atoms with Gasteiger partial charge in [-0.15, -0.1) is 0 Å². The highest BCUT2D eigenvalue weighted by atomic mass is 79.9. The second kappa shape index (κ2) is 3.22. The molecule has 0 saturated carbocycles. The maximum absolute atomic E-state index is 8.33. The predicted molar refractivity (Wildman–Crippen MR) is 29.9 cm³/mol. The SMILES string of the molecule is CCC=C(O)Br. The average molecular weight is 151 g/mol. The Bertz CT molecular complexity index is 54.6. The average Bonchev–Trinajstić information content (AvgIpc) is 1.35. The van der Waals surface area contributed by atoms with Gasteiger partial charge < -0.3 is 5.11 Å². The molecule has 0 saturated heterocycles. The van der Waals surface area contributed by atoms with Crippen LogP contribution in [0.4, 0.5) is 0 Å². The van der Waals surface area contributed by atoms with Crippen LogP contribution in [0.25, 0.3) is 0 Å². The molecule has 6 heavy (non-hydrogen) atoms. The first kappa shape index (κ1) is 6.02. The van der Waals surface area contributed by atoms with Crippen LogP contribution in [0.1, 0.15) is 13.3 Å². The molecule has 0 aromatic heterocycles. The highest BCUT2D eigenvalue weighted by Crippen LogP contribution is 1.97. The summed E-state index contributed by atoms with van der Waals surface area (Å²) in [6.07, 6.45) is 2.55. The van der Waals surface area contributed by atoms with Crippen molar-refractivity contribution in [1.29, 1.82) is 0 Å². The van der Waals surface area contributed by atoms with E-state index in [1.54, 1.807) is 6.08 Å². The molecule has 1 N–H and O–H groups in total. The lowest BCUT2D eigenvalue weighted by Gasteiger charge is -1.77. The van der Waals surface area contributed by atoms with Crippen LogP contribution in [0.3, 0.4) is 0 Å². The Morgan fingerprint density at radius 2 is 2.50 bits per heavy atom. The van der Waals surface area contributed by atoms with Crippen LogP contribution < -0.4 is 0 Å². The zero-order chi connectivity index (χ0) is 4.99. The minimum Gasteiger partial charge on any atom is -0.502 e. The molecular weight excluding hydrogens is 144 g/mol. The Morgan fingerprint density at radius 1 is 2.00 bits per heavy atom. The van der Waals surface area contributed by atoms with Crippen LogP contribution in [-0.4, -0.2) is 5.11 Å². The molecule has 0 unspecified atom stereocenters. The van der Waals surface area contributed by atoms with E-state index in [1.165, 1.54) is 0 Å². The van der Waals surface area contributed by atoms with E-state index in [1.807, 2.05) is 6.92 Å². The summed E-state index contributed by atoms with van der Waals surface area (Å²) in [5, 5.41) is 8.33. The molecule has 0 fully saturated rings. The molecule has 1 nitrogen and oxygen atoms in total. The minimum atomic E-state index is 0.227. The first-order valence-corrected chi connectivity index (χ1v) is 2.61. The second-order valence-electron chi connectivity index (χ2n) is 0.935. The fourth-order valence-electron chi connectivity index (χ4n) is 0.168. The third kappa shape index (κ3) is 4.02. The van der Waals surface area contributed by atoms with Gasteiger partial charge in [0.25, 0.3) is 0 Å². The van der Waals surface area contributed by atoms with Crippen LogP contribution in [-0.2, 0) is 0 Å². The zero-order valence-electron chi connectivity index (χ0n) is 3.61. The third-order valence-corrected chi connectivity index (χ3v) is 0.696. The topological polar surface area (TPSA) is 20.2 Å². The predicted octanol–water partition coefficient (Wildman–Crippen LogP) is 2.19. The number of halogens is 1. The Balaban J connectivity index is 3.14. The summed E-state index contributed by atoms with van der Waals surface area (Å²) >= 11 is 2.85. The lowest BCUT2D eigenvalue weighted by atomic mass is 10.5. The van der Waals surface area contributed by atoms with E-state index in [9.17, 15) is 0 Å². The van der Waals surface area contributed by atoms with Crippen LogP contribution in [0.2, 0.25) is 0 Å². The maximum atomic E-state index is 8.33. The molecule has 0 aliphatic carbocycles. The Kier molecular flexibility index (Phi) is 3.23. The number of aliphatic hydroxyl groups excluding tert-OH is 1. The van der Waals surface area contributed by atoms with E-state index in [0.29, 0.717) is 0 Å². The van der Waals surface area contributed by atoms with Gasteiger partial charge in [0.15, 0.2) is 4.67 Å². The Morgan fingerprint density at radius 3 is 2.50 bits per heavy atom. The first-order valence-electron chi connectivity index (χ1n) is 1.82. The summed E-state index contributed by atoms with van der Waals surface area (Å²) in [6.45, 7) is 1.96. The monoisotopic (exact) mass is 150 g/mol. The molecule has 0 aliphatic heterocycles. The van der Waals surface area contributed by atoms with Gasteiger partial charge in [0, 0.05) is 0 Å². The van der Waals surface area contributed by atoms with Crippen molar-refractivity contribution in [3.63, 3.8) is 0 Å². The zero-order valence-corrected chi connectivity index (χ0v) is 5.20. The third-order valence-electron chi connectivity index (χ3n) is 0.373. The summed E-state index contributed by atoms with van der Waals surface area (Å²) in [5.41, 5.74) is 0. The summed E-state index contributed by atoms with van der Waals surface area (Å²) in [6, 6.07) is 0. The highest BCUT2D eigenvalue weighted by Gasteiger charge is 1.73. The van der Waals surface area contributed by atoms with Gasteiger partial charge in [0.1, 0.15) is 0 Å². The van der Waals surface area contributed by atoms with Gasteiger partial charge in [0.05, 0.1) is 0 Å². The molecule has 0 radical (unpaired) electrons. The molecule has 0 amide bonds. The standard InChI is InChI=1S/C4H7BrO/c1-2-3-4(5)6/h3,6H,2H2,1H3. The smallest absolute Gasteiger partial charge is 0.154 e. The van der Waals surface area contributed by atoms with Gasteiger partial charge in [0.2, 0.25) is 0 Å². The molecule has 0 aromatic carbocycles. The summed E-state index contributed by atoms with van der Waals surface area (Å²) in [4.78, 5) is 0. The number of aliphatic hydroxyl groups is 1. The first-order chi connectivity index (χ1) is 2.77. The lowest BCUT2D eigenvalue weighted by Crippen LogP contribution is -1.59. The summed E-state index contributed by atoms with van der Waals surface area (Å²) in [7, 11) is 0. The number of allylic oxidation sites excluding steroid dienone is 1. The van der Waals surface area contributed by atoms with Gasteiger partial charge in [-0.05, 0) is 28.4 Å². The second-order valence-corrected chi connectivity index (χ2v) is 1.75. The highest BCUT2D eigenvalue weighted by molar-refractivity contribution is 9.11. The minimum absolute atomic E-state index is 0.227. The van der Waals surface area contributed by atoms with Crippen molar-refractivity contribution in [2.24, 2.45) is 0 Å². The molecule has 0 atom stereocenters. The van der Waals surface area contributed by atoms with E-state index < -0.39 is 0 Å². The molecule has 0 spiro atoms. The van der Waals surface area contributed by atoms with Gasteiger partial charge in [-0.2, -0.15) is 0 Å². The fraction of sp³-hybridized carbons (Fsp3) is 0.500. The molecule has 0 rings (SSSR count). The van der Waals surface area contributed by atoms with Crippen molar-refractivity contribution in [1.82, 2.24) is 0 Å². The van der Waals surface area contributed by atoms with Crippen molar-refractivity contribution >= 4 is 15.9 Å². The largest absolute Gasteiger partial charge is 0.502 e. The van der Waals surface area contributed by atoms with Gasteiger partial charge in [-0.25, -0.2) is 0 Å². The van der Waals surface area contributed by atoms with Crippen LogP contribution in [0.15, 0.2) is 10.7 Å². The molecule has 0 aromatic rings. The summed E-state index contributed by atoms with van der Waals surface area (Å²) in [5.74, 6) is 0. The van der Waals surface area contributed by atoms with E-state index in [0.717, 1.165) is 6.42 Å². The van der Waals surface area contributed by atoms with Gasteiger partial charge in [-0.1, -0.05) is 6.92 Å². The molecule has 36 valence electrons. The van der Waals surface area contributed by atoms with Crippen LogP contribution in [0, 0.1) is 0 Å². The van der Waals surface area contributed by atoms with E-state index in [4.69, 9.17) is 5.11 Å². The molecular formula is C4H7BrO. The number of hydrogen-bond acceptors (Lipinski definition) is 1. The molecule has 0 aliphatic rings. The normalized spacial score (nSPS) is 12.0. The number of hydrogen-bond donors (Lipinski definition) is 1. The van der Waals surface area contributed by atoms with Gasteiger partial charge >= 0.3 is 0 Å². The Hall–Kier alpha value is 0.0200. The van der Waals surface area contributed by atoms with Crippen LogP contribution in [0.5, 0.6) is 0 Å². The van der Waals surface area contributed by atoms with Gasteiger partial charge in [-0.3, -0.25) is 0 Å². The van der Waals surface area contributed by atoms with E-state index in [-0.39, 0.29) is 4.67 Å². The van der Waals surface area contributed by atoms with Crippen molar-refractivity contribution in [3.8, 4) is 0 Å². The maximum Gasteiger partial charge on any atom is 0.154 e. The molecule has 0 heterocycles. The fourth-order valence-corrected chi connectivity index (χ4v) is 0.492. The van der Waals surface area contributed by atoms with Crippen LogP contribution >= 0.6 is 15.9 Å². The summed E-state index contributed by atoms with van der Waals surface area (Å²) < 4.78 is 0.227. The molecule has 2 heteroatoms. The lowest BCUT2D eigenvalue weighted by molar-refractivity contribution is 0.458. The molecule has 0 bridgehead atoms. The number of rotatable bonds is 1. The van der Waals surface area contributed by atoms with E-state index >= 15 is 0 Å². The van der Waals surface area contributed by atoms with Crippen molar-refractivity contribution < 1.29 is 5.11 Å².